The maximum absolute atomic E-state index is 12.1. The van der Waals surface area contributed by atoms with Crippen LogP contribution in [0.4, 0.5) is 5.69 Å². The lowest BCUT2D eigenvalue weighted by Crippen LogP contribution is -2.12. The second-order valence-corrected chi connectivity index (χ2v) is 6.35. The van der Waals surface area contributed by atoms with Crippen molar-refractivity contribution in [2.45, 2.75) is 0 Å². The Kier molecular flexibility index (Phi) is 4.90. The summed E-state index contributed by atoms with van der Waals surface area (Å²) in [4.78, 5) is 12.1. The van der Waals surface area contributed by atoms with Gasteiger partial charge >= 0.3 is 0 Å². The van der Waals surface area contributed by atoms with Gasteiger partial charge in [0.15, 0.2) is 0 Å². The van der Waals surface area contributed by atoms with Crippen molar-refractivity contribution >= 4 is 66.7 Å². The van der Waals surface area contributed by atoms with Crippen LogP contribution in [0.5, 0.6) is 0 Å². The van der Waals surface area contributed by atoms with Gasteiger partial charge in [-0.05, 0) is 36.4 Å². The Morgan fingerprint density at radius 2 is 1.58 bits per heavy atom. The van der Waals surface area contributed by atoms with Crippen molar-refractivity contribution in [2.24, 2.45) is 0 Å². The van der Waals surface area contributed by atoms with Crippen molar-refractivity contribution in [1.29, 1.82) is 0 Å². The fourth-order valence-corrected chi connectivity index (χ4v) is 2.74. The summed E-state index contributed by atoms with van der Waals surface area (Å²) in [6.45, 7) is 0. The highest BCUT2D eigenvalue weighted by Crippen LogP contribution is 2.27. The zero-order valence-electron chi connectivity index (χ0n) is 9.38. The number of carbonyl (C=O) groups excluding carboxylic acids is 1. The molecule has 0 atom stereocenters. The first kappa shape index (κ1) is 14.9. The van der Waals surface area contributed by atoms with E-state index in [0.717, 1.165) is 8.95 Å². The molecule has 0 spiro atoms. The molecule has 0 heterocycles. The van der Waals surface area contributed by atoms with E-state index < -0.39 is 0 Å². The lowest BCUT2D eigenvalue weighted by Gasteiger charge is -2.09. The fourth-order valence-electron chi connectivity index (χ4n) is 1.46. The van der Waals surface area contributed by atoms with Crippen molar-refractivity contribution in [1.82, 2.24) is 0 Å². The third-order valence-electron chi connectivity index (χ3n) is 2.35. The first-order chi connectivity index (χ1) is 8.97. The van der Waals surface area contributed by atoms with Gasteiger partial charge in [0, 0.05) is 8.95 Å². The van der Waals surface area contributed by atoms with Crippen LogP contribution in [0.15, 0.2) is 45.3 Å². The Morgan fingerprint density at radius 3 is 2.26 bits per heavy atom. The summed E-state index contributed by atoms with van der Waals surface area (Å²) in [5, 5.41) is 3.56. The molecule has 19 heavy (non-hydrogen) atoms. The number of carbonyl (C=O) groups is 1. The molecular weight excluding hydrogens is 417 g/mol. The van der Waals surface area contributed by atoms with E-state index in [0.29, 0.717) is 21.3 Å². The molecule has 0 fully saturated rings. The summed E-state index contributed by atoms with van der Waals surface area (Å²) in [5.74, 6) is -0.308. The van der Waals surface area contributed by atoms with E-state index in [4.69, 9.17) is 23.2 Å². The number of amides is 1. The van der Waals surface area contributed by atoms with Crippen LogP contribution in [-0.2, 0) is 0 Å². The van der Waals surface area contributed by atoms with Gasteiger partial charge in [0.25, 0.3) is 5.91 Å². The van der Waals surface area contributed by atoms with Crippen molar-refractivity contribution in [3.05, 3.63) is 61.0 Å². The molecule has 0 aliphatic carbocycles. The molecule has 0 aliphatic rings. The molecular formula is C13H7Br2Cl2NO. The van der Waals surface area contributed by atoms with E-state index in [2.05, 4.69) is 37.2 Å². The predicted molar refractivity (Wildman–Crippen MR) is 86.3 cm³/mol. The smallest absolute Gasteiger partial charge is 0.257 e. The Hall–Kier alpha value is -0.550. The number of halogens is 4. The van der Waals surface area contributed by atoms with Crippen LogP contribution in [0.3, 0.4) is 0 Å². The average molecular weight is 424 g/mol. The first-order valence-electron chi connectivity index (χ1n) is 5.19. The highest BCUT2D eigenvalue weighted by Gasteiger charge is 2.12. The first-order valence-corrected chi connectivity index (χ1v) is 7.53. The molecule has 0 radical (unpaired) electrons. The number of benzene rings is 2. The average Bonchev–Trinajstić information content (AvgIpc) is 2.33. The van der Waals surface area contributed by atoms with E-state index in [1.165, 1.54) is 0 Å². The lowest BCUT2D eigenvalue weighted by atomic mass is 10.2. The minimum Gasteiger partial charge on any atom is -0.321 e. The maximum atomic E-state index is 12.1. The van der Waals surface area contributed by atoms with Gasteiger partial charge in [-0.2, -0.15) is 0 Å². The van der Waals surface area contributed by atoms with Gasteiger partial charge in [0.05, 0.1) is 21.3 Å². The maximum Gasteiger partial charge on any atom is 0.257 e. The number of hydrogen-bond acceptors (Lipinski definition) is 1. The zero-order chi connectivity index (χ0) is 14.0. The number of anilines is 1. The molecule has 0 aromatic heterocycles. The van der Waals surface area contributed by atoms with Crippen LogP contribution in [0.25, 0.3) is 0 Å². The molecule has 6 heteroatoms. The molecule has 2 rings (SSSR count). The molecule has 2 aromatic rings. The van der Waals surface area contributed by atoms with Crippen LogP contribution in [0.1, 0.15) is 10.4 Å². The van der Waals surface area contributed by atoms with E-state index >= 15 is 0 Å². The van der Waals surface area contributed by atoms with Crippen LogP contribution in [-0.4, -0.2) is 5.91 Å². The molecule has 0 saturated carbocycles. The van der Waals surface area contributed by atoms with Crippen molar-refractivity contribution in [3.8, 4) is 0 Å². The predicted octanol–water partition coefficient (Wildman–Crippen LogP) is 5.77. The fraction of sp³-hybridized carbons (Fsp3) is 0. The van der Waals surface area contributed by atoms with E-state index in [1.807, 2.05) is 0 Å². The van der Waals surface area contributed by atoms with Crippen LogP contribution in [0, 0.1) is 0 Å². The zero-order valence-corrected chi connectivity index (χ0v) is 14.1. The van der Waals surface area contributed by atoms with Crippen molar-refractivity contribution in [2.75, 3.05) is 5.32 Å². The van der Waals surface area contributed by atoms with E-state index in [-0.39, 0.29) is 5.91 Å². The second kappa shape index (κ2) is 6.27. The summed E-state index contributed by atoms with van der Waals surface area (Å²) in [7, 11) is 0. The van der Waals surface area contributed by atoms with E-state index in [9.17, 15) is 4.79 Å². The van der Waals surface area contributed by atoms with Crippen molar-refractivity contribution in [3.63, 3.8) is 0 Å². The minimum absolute atomic E-state index is 0.308. The largest absolute Gasteiger partial charge is 0.321 e. The Bertz CT molecular complexity index is 647. The monoisotopic (exact) mass is 421 g/mol. The summed E-state index contributed by atoms with van der Waals surface area (Å²) in [6.07, 6.45) is 0. The minimum atomic E-state index is -0.308. The Labute approximate surface area is 137 Å². The van der Waals surface area contributed by atoms with Gasteiger partial charge in [0.2, 0.25) is 0 Å². The molecule has 0 unspecified atom stereocenters. The normalized spacial score (nSPS) is 10.3. The quantitative estimate of drug-likeness (QED) is 0.652. The standard InChI is InChI=1S/C13H7Br2Cl2NO/c14-7-1-3-9(11(17)5-7)13(19)18-12-6-8(15)2-4-10(12)16/h1-6H,(H,18,19). The summed E-state index contributed by atoms with van der Waals surface area (Å²) in [6, 6.07) is 10.3. The summed E-state index contributed by atoms with van der Waals surface area (Å²) in [5.41, 5.74) is 0.918. The van der Waals surface area contributed by atoms with Gasteiger partial charge in [0.1, 0.15) is 0 Å². The molecule has 98 valence electrons. The highest BCUT2D eigenvalue weighted by atomic mass is 79.9. The van der Waals surface area contributed by atoms with Gasteiger partial charge < -0.3 is 5.32 Å². The number of rotatable bonds is 2. The molecule has 0 saturated heterocycles. The van der Waals surface area contributed by atoms with Crippen molar-refractivity contribution < 1.29 is 4.79 Å². The number of hydrogen-bond donors (Lipinski definition) is 1. The van der Waals surface area contributed by atoms with Gasteiger partial charge in [-0.3, -0.25) is 4.79 Å². The third-order valence-corrected chi connectivity index (χ3v) is 3.98. The lowest BCUT2D eigenvalue weighted by molar-refractivity contribution is 0.102. The van der Waals surface area contributed by atoms with Crippen LogP contribution >= 0.6 is 55.1 Å². The topological polar surface area (TPSA) is 29.1 Å². The molecule has 0 bridgehead atoms. The molecule has 1 amide bonds. The van der Waals surface area contributed by atoms with Gasteiger partial charge in [-0.15, -0.1) is 0 Å². The Balaban J connectivity index is 2.28. The number of nitrogens with one attached hydrogen (secondary N) is 1. The second-order valence-electron chi connectivity index (χ2n) is 3.70. The SMILES string of the molecule is O=C(Nc1cc(Br)ccc1Cl)c1ccc(Br)cc1Cl. The summed E-state index contributed by atoms with van der Waals surface area (Å²) >= 11 is 18.7. The molecule has 1 N–H and O–H groups in total. The third kappa shape index (κ3) is 3.72. The molecule has 2 nitrogen and oxygen atoms in total. The van der Waals surface area contributed by atoms with Crippen LogP contribution in [0.2, 0.25) is 10.0 Å². The Morgan fingerprint density at radius 1 is 0.947 bits per heavy atom. The van der Waals surface area contributed by atoms with Gasteiger partial charge in [-0.25, -0.2) is 0 Å². The van der Waals surface area contributed by atoms with Crippen LogP contribution < -0.4 is 5.32 Å². The molecule has 0 aliphatic heterocycles. The summed E-state index contributed by atoms with van der Waals surface area (Å²) < 4.78 is 1.64. The van der Waals surface area contributed by atoms with E-state index in [1.54, 1.807) is 36.4 Å². The molecule has 2 aromatic carbocycles. The van der Waals surface area contributed by atoms with Gasteiger partial charge in [-0.1, -0.05) is 55.1 Å². The highest BCUT2D eigenvalue weighted by molar-refractivity contribution is 9.10.